The molecule has 0 bridgehead atoms. The molecule has 3 nitrogen and oxygen atoms in total. The predicted octanol–water partition coefficient (Wildman–Crippen LogP) is 5.65. The summed E-state index contributed by atoms with van der Waals surface area (Å²) in [6.07, 6.45) is 0. The molecular formula is C16H8Cl2F2N2OS. The highest BCUT2D eigenvalue weighted by atomic mass is 35.5. The van der Waals surface area contributed by atoms with Crippen molar-refractivity contribution in [2.24, 2.45) is 0 Å². The molecule has 0 aliphatic carbocycles. The quantitative estimate of drug-likeness (QED) is 0.633. The Balaban J connectivity index is 1.85. The van der Waals surface area contributed by atoms with Gasteiger partial charge in [-0.1, -0.05) is 29.3 Å². The summed E-state index contributed by atoms with van der Waals surface area (Å²) in [5.41, 5.74) is 0.440. The average Bonchev–Trinajstić information content (AvgIpc) is 3.00. The highest BCUT2D eigenvalue weighted by Crippen LogP contribution is 2.29. The number of benzene rings is 2. The van der Waals surface area contributed by atoms with Crippen molar-refractivity contribution in [3.05, 3.63) is 69.0 Å². The van der Waals surface area contributed by atoms with E-state index in [4.69, 9.17) is 23.2 Å². The summed E-state index contributed by atoms with van der Waals surface area (Å²) < 4.78 is 27.0. The van der Waals surface area contributed by atoms with E-state index in [-0.39, 0.29) is 32.0 Å². The SMILES string of the molecule is O=C(Nc1nc(-c2cc(F)ccc2F)cs1)c1cccc(Cl)c1Cl. The largest absolute Gasteiger partial charge is 0.298 e. The number of halogens is 4. The van der Waals surface area contributed by atoms with Crippen molar-refractivity contribution < 1.29 is 13.6 Å². The van der Waals surface area contributed by atoms with Gasteiger partial charge in [-0.2, -0.15) is 0 Å². The van der Waals surface area contributed by atoms with E-state index in [0.717, 1.165) is 29.5 Å². The Bertz CT molecular complexity index is 930. The molecule has 0 saturated carbocycles. The third-order valence-electron chi connectivity index (χ3n) is 3.13. The first-order chi connectivity index (χ1) is 11.5. The van der Waals surface area contributed by atoms with E-state index in [0.29, 0.717) is 0 Å². The summed E-state index contributed by atoms with van der Waals surface area (Å²) in [6, 6.07) is 7.77. The number of aromatic nitrogens is 1. The number of nitrogens with zero attached hydrogens (tertiary/aromatic N) is 1. The van der Waals surface area contributed by atoms with Gasteiger partial charge < -0.3 is 0 Å². The Kier molecular flexibility index (Phi) is 4.80. The number of carbonyl (C=O) groups is 1. The normalized spacial score (nSPS) is 10.7. The number of rotatable bonds is 3. The Morgan fingerprint density at radius 2 is 1.96 bits per heavy atom. The molecule has 0 fully saturated rings. The van der Waals surface area contributed by atoms with Gasteiger partial charge >= 0.3 is 0 Å². The van der Waals surface area contributed by atoms with Crippen LogP contribution in [0.3, 0.4) is 0 Å². The first kappa shape index (κ1) is 16.8. The topological polar surface area (TPSA) is 42.0 Å². The first-order valence-corrected chi connectivity index (χ1v) is 8.25. The van der Waals surface area contributed by atoms with Crippen molar-refractivity contribution in [2.45, 2.75) is 0 Å². The predicted molar refractivity (Wildman–Crippen MR) is 91.9 cm³/mol. The molecule has 0 spiro atoms. The number of amides is 1. The zero-order valence-electron chi connectivity index (χ0n) is 11.8. The minimum absolute atomic E-state index is 0.0209. The Morgan fingerprint density at radius 3 is 2.75 bits per heavy atom. The molecule has 3 rings (SSSR count). The van der Waals surface area contributed by atoms with Crippen LogP contribution in [0.25, 0.3) is 11.3 Å². The number of hydrogen-bond donors (Lipinski definition) is 1. The van der Waals surface area contributed by atoms with Crippen LogP contribution in [0.1, 0.15) is 10.4 Å². The van der Waals surface area contributed by atoms with Crippen LogP contribution in [0.15, 0.2) is 41.8 Å². The summed E-state index contributed by atoms with van der Waals surface area (Å²) in [5.74, 6) is -1.67. The number of anilines is 1. The molecule has 0 aliphatic heterocycles. The summed E-state index contributed by atoms with van der Waals surface area (Å²) in [4.78, 5) is 16.3. The zero-order valence-corrected chi connectivity index (χ0v) is 14.1. The van der Waals surface area contributed by atoms with Gasteiger partial charge in [0.25, 0.3) is 5.91 Å². The smallest absolute Gasteiger partial charge is 0.259 e. The van der Waals surface area contributed by atoms with Gasteiger partial charge in [-0.05, 0) is 30.3 Å². The lowest BCUT2D eigenvalue weighted by Gasteiger charge is -2.05. The molecule has 0 unspecified atom stereocenters. The van der Waals surface area contributed by atoms with Gasteiger partial charge in [-0.25, -0.2) is 13.8 Å². The fourth-order valence-corrected chi connectivity index (χ4v) is 3.08. The second-order valence-corrected chi connectivity index (χ2v) is 6.36. The number of carbonyl (C=O) groups excluding carboxylic acids is 1. The summed E-state index contributed by atoms with van der Waals surface area (Å²) in [5, 5.41) is 4.70. The van der Waals surface area contributed by atoms with E-state index in [1.807, 2.05) is 0 Å². The van der Waals surface area contributed by atoms with Crippen molar-refractivity contribution in [1.29, 1.82) is 0 Å². The van der Waals surface area contributed by atoms with E-state index in [9.17, 15) is 13.6 Å². The van der Waals surface area contributed by atoms with Crippen LogP contribution in [0, 0.1) is 11.6 Å². The van der Waals surface area contributed by atoms with Gasteiger partial charge in [0.1, 0.15) is 11.6 Å². The number of hydrogen-bond acceptors (Lipinski definition) is 3. The minimum Gasteiger partial charge on any atom is -0.298 e. The number of nitrogens with one attached hydrogen (secondary N) is 1. The Labute approximate surface area is 149 Å². The van der Waals surface area contributed by atoms with Crippen LogP contribution in [0.2, 0.25) is 10.0 Å². The van der Waals surface area contributed by atoms with Gasteiger partial charge in [0, 0.05) is 10.9 Å². The zero-order chi connectivity index (χ0) is 17.3. The van der Waals surface area contributed by atoms with Gasteiger partial charge in [0.15, 0.2) is 5.13 Å². The average molecular weight is 385 g/mol. The lowest BCUT2D eigenvalue weighted by molar-refractivity contribution is 0.102. The van der Waals surface area contributed by atoms with Crippen LogP contribution < -0.4 is 5.32 Å². The molecule has 0 saturated heterocycles. The third kappa shape index (κ3) is 3.40. The van der Waals surface area contributed by atoms with E-state index < -0.39 is 17.5 Å². The summed E-state index contributed by atoms with van der Waals surface area (Å²) in [6.45, 7) is 0. The second kappa shape index (κ2) is 6.84. The molecular weight excluding hydrogens is 377 g/mol. The fourth-order valence-electron chi connectivity index (χ4n) is 1.99. The molecule has 0 radical (unpaired) electrons. The maximum atomic E-state index is 13.8. The minimum atomic E-state index is -0.600. The molecule has 1 amide bonds. The van der Waals surface area contributed by atoms with Crippen molar-refractivity contribution in [2.75, 3.05) is 5.32 Å². The Hall–Kier alpha value is -2.02. The molecule has 8 heteroatoms. The molecule has 3 aromatic rings. The van der Waals surface area contributed by atoms with Crippen LogP contribution in [0.4, 0.5) is 13.9 Å². The molecule has 122 valence electrons. The standard InChI is InChI=1S/C16H8Cl2F2N2OS/c17-11-3-1-2-9(14(11)18)15(23)22-16-21-13(7-24-16)10-6-8(19)4-5-12(10)20/h1-7H,(H,21,22,23). The van der Waals surface area contributed by atoms with Crippen molar-refractivity contribution >= 4 is 45.6 Å². The Morgan fingerprint density at radius 1 is 1.17 bits per heavy atom. The van der Waals surface area contributed by atoms with Crippen molar-refractivity contribution in [3.8, 4) is 11.3 Å². The van der Waals surface area contributed by atoms with Crippen molar-refractivity contribution in [1.82, 2.24) is 4.98 Å². The highest BCUT2D eigenvalue weighted by Gasteiger charge is 2.16. The summed E-state index contributed by atoms with van der Waals surface area (Å²) in [7, 11) is 0. The lowest BCUT2D eigenvalue weighted by Crippen LogP contribution is -2.12. The van der Waals surface area contributed by atoms with Crippen LogP contribution >= 0.6 is 34.5 Å². The maximum Gasteiger partial charge on any atom is 0.259 e. The molecule has 1 aromatic heterocycles. The number of thiazole rings is 1. The summed E-state index contributed by atoms with van der Waals surface area (Å²) >= 11 is 13.0. The molecule has 1 N–H and O–H groups in total. The molecule has 2 aromatic carbocycles. The third-order valence-corrected chi connectivity index (χ3v) is 4.70. The second-order valence-electron chi connectivity index (χ2n) is 4.72. The monoisotopic (exact) mass is 384 g/mol. The molecule has 1 heterocycles. The molecule has 0 atom stereocenters. The van der Waals surface area contributed by atoms with Gasteiger partial charge in [-0.15, -0.1) is 11.3 Å². The van der Waals surface area contributed by atoms with Crippen LogP contribution in [-0.2, 0) is 0 Å². The van der Waals surface area contributed by atoms with E-state index in [2.05, 4.69) is 10.3 Å². The lowest BCUT2D eigenvalue weighted by atomic mass is 10.1. The van der Waals surface area contributed by atoms with Gasteiger partial charge in [0.05, 0.1) is 21.3 Å². The van der Waals surface area contributed by atoms with Crippen LogP contribution in [-0.4, -0.2) is 10.9 Å². The van der Waals surface area contributed by atoms with Crippen LogP contribution in [0.5, 0.6) is 0 Å². The fraction of sp³-hybridized carbons (Fsp3) is 0. The van der Waals surface area contributed by atoms with E-state index >= 15 is 0 Å². The van der Waals surface area contributed by atoms with Crippen molar-refractivity contribution in [3.63, 3.8) is 0 Å². The van der Waals surface area contributed by atoms with Gasteiger partial charge in [-0.3, -0.25) is 10.1 Å². The maximum absolute atomic E-state index is 13.8. The van der Waals surface area contributed by atoms with Gasteiger partial charge in [0.2, 0.25) is 0 Å². The molecule has 0 aliphatic rings. The molecule has 24 heavy (non-hydrogen) atoms. The first-order valence-electron chi connectivity index (χ1n) is 6.62. The van der Waals surface area contributed by atoms with E-state index in [1.165, 1.54) is 11.4 Å². The van der Waals surface area contributed by atoms with E-state index in [1.54, 1.807) is 12.1 Å². The highest BCUT2D eigenvalue weighted by molar-refractivity contribution is 7.14.